The summed E-state index contributed by atoms with van der Waals surface area (Å²) in [5, 5.41) is 21.4. The van der Waals surface area contributed by atoms with Crippen molar-refractivity contribution in [3.8, 4) is 0 Å². The van der Waals surface area contributed by atoms with Crippen molar-refractivity contribution >= 4 is 0 Å². The summed E-state index contributed by atoms with van der Waals surface area (Å²) < 4.78 is 0. The molecule has 0 saturated carbocycles. The van der Waals surface area contributed by atoms with Crippen LogP contribution in [-0.4, -0.2) is 58.4 Å². The molecule has 4 nitrogen and oxygen atoms in total. The number of hydrogen-bond donors (Lipinski definition) is 2. The molecule has 28 heavy (non-hydrogen) atoms. The van der Waals surface area contributed by atoms with Crippen molar-refractivity contribution in [2.24, 2.45) is 0 Å². The Morgan fingerprint density at radius 2 is 1.00 bits per heavy atom. The maximum absolute atomic E-state index is 10.7. The van der Waals surface area contributed by atoms with Crippen molar-refractivity contribution in [3.05, 3.63) is 70.8 Å². The summed E-state index contributed by atoms with van der Waals surface area (Å²) in [6, 6.07) is 17.3. The van der Waals surface area contributed by atoms with E-state index in [-0.39, 0.29) is 24.3 Å². The molecule has 1 saturated heterocycles. The molecular weight excluding hydrogens is 348 g/mol. The lowest BCUT2D eigenvalue weighted by Crippen LogP contribution is -2.43. The maximum Gasteiger partial charge on any atom is 0.0777 e. The van der Waals surface area contributed by atoms with Gasteiger partial charge < -0.3 is 10.2 Å². The fraction of sp³-hybridized carbons (Fsp3) is 0.500. The van der Waals surface area contributed by atoms with Gasteiger partial charge in [-0.1, -0.05) is 48.5 Å². The fourth-order valence-corrected chi connectivity index (χ4v) is 5.72. The normalized spacial score (nSPS) is 31.2. The van der Waals surface area contributed by atoms with Crippen molar-refractivity contribution in [2.75, 3.05) is 26.2 Å². The molecule has 0 amide bonds. The zero-order valence-corrected chi connectivity index (χ0v) is 16.4. The predicted octanol–water partition coefficient (Wildman–Crippen LogP) is 2.70. The largest absolute Gasteiger partial charge is 0.391 e. The minimum Gasteiger partial charge on any atom is -0.391 e. The highest BCUT2D eigenvalue weighted by Crippen LogP contribution is 2.38. The third-order valence-corrected chi connectivity index (χ3v) is 6.90. The van der Waals surface area contributed by atoms with Gasteiger partial charge in [-0.05, 0) is 35.1 Å². The summed E-state index contributed by atoms with van der Waals surface area (Å²) in [6.07, 6.45) is 3.09. The van der Waals surface area contributed by atoms with Crippen LogP contribution < -0.4 is 0 Å². The molecule has 2 aliphatic carbocycles. The average molecular weight is 379 g/mol. The summed E-state index contributed by atoms with van der Waals surface area (Å²) in [7, 11) is 0. The monoisotopic (exact) mass is 378 g/mol. The average Bonchev–Trinajstić information content (AvgIpc) is 3.18. The Bertz CT molecular complexity index is 761. The van der Waals surface area contributed by atoms with Crippen LogP contribution >= 0.6 is 0 Å². The molecule has 1 aliphatic heterocycles. The third kappa shape index (κ3) is 3.18. The van der Waals surface area contributed by atoms with E-state index in [0.29, 0.717) is 0 Å². The highest BCUT2D eigenvalue weighted by atomic mass is 16.3. The number of aliphatic hydroxyl groups is 2. The summed E-state index contributed by atoms with van der Waals surface area (Å²) in [5.74, 6) is 0. The van der Waals surface area contributed by atoms with Gasteiger partial charge in [0.2, 0.25) is 0 Å². The quantitative estimate of drug-likeness (QED) is 0.844. The van der Waals surface area contributed by atoms with Crippen LogP contribution in [0.4, 0.5) is 0 Å². The molecule has 5 rings (SSSR count). The second-order valence-electron chi connectivity index (χ2n) is 8.61. The van der Waals surface area contributed by atoms with E-state index >= 15 is 0 Å². The van der Waals surface area contributed by atoms with Gasteiger partial charge in [0.15, 0.2) is 0 Å². The number of rotatable bonds is 2. The number of aliphatic hydroxyl groups excluding tert-OH is 2. The van der Waals surface area contributed by atoms with E-state index in [1.807, 2.05) is 0 Å². The van der Waals surface area contributed by atoms with Crippen LogP contribution in [0.2, 0.25) is 0 Å². The van der Waals surface area contributed by atoms with Gasteiger partial charge in [0, 0.05) is 39.0 Å². The molecule has 4 atom stereocenters. The fourth-order valence-electron chi connectivity index (χ4n) is 5.72. The van der Waals surface area contributed by atoms with Crippen LogP contribution in [0, 0.1) is 0 Å². The van der Waals surface area contributed by atoms with Crippen molar-refractivity contribution in [2.45, 2.75) is 50.0 Å². The minimum absolute atomic E-state index is 0.139. The first-order chi connectivity index (χ1) is 13.7. The van der Waals surface area contributed by atoms with Gasteiger partial charge in [0.25, 0.3) is 0 Å². The van der Waals surface area contributed by atoms with E-state index in [1.165, 1.54) is 22.3 Å². The molecule has 1 fully saturated rings. The third-order valence-electron chi connectivity index (χ3n) is 6.90. The second-order valence-corrected chi connectivity index (χ2v) is 8.61. The van der Waals surface area contributed by atoms with Crippen LogP contribution in [0.3, 0.4) is 0 Å². The Morgan fingerprint density at radius 3 is 1.43 bits per heavy atom. The molecule has 148 valence electrons. The van der Waals surface area contributed by atoms with E-state index in [1.54, 1.807) is 0 Å². The van der Waals surface area contributed by atoms with Gasteiger partial charge in [0.1, 0.15) is 0 Å². The summed E-state index contributed by atoms with van der Waals surface area (Å²) in [4.78, 5) is 4.99. The molecule has 1 heterocycles. The van der Waals surface area contributed by atoms with Gasteiger partial charge in [-0.3, -0.25) is 9.80 Å². The molecule has 0 aromatic heterocycles. The molecule has 3 aliphatic rings. The Hall–Kier alpha value is -1.72. The van der Waals surface area contributed by atoms with Crippen molar-refractivity contribution in [3.63, 3.8) is 0 Å². The van der Waals surface area contributed by atoms with Crippen molar-refractivity contribution in [1.29, 1.82) is 0 Å². The maximum atomic E-state index is 10.7. The Kier molecular flexibility index (Phi) is 4.97. The standard InChI is InChI=1S/C24H30N2O2/c27-21-15-17-7-1-3-9-19(17)23(21)25-11-5-13-26(14-6-12-25)24-20-10-4-2-8-18(20)16-22(24)28/h1-4,7-10,21-24,27-28H,5-6,11-16H2/t21-,22-,23?,24?/m1/s1. The first kappa shape index (κ1) is 18.3. The number of nitrogens with zero attached hydrogens (tertiary/aromatic N) is 2. The lowest BCUT2D eigenvalue weighted by molar-refractivity contribution is 0.0256. The summed E-state index contributed by atoms with van der Waals surface area (Å²) in [5.41, 5.74) is 5.23. The number of fused-ring (bicyclic) bond motifs is 2. The Morgan fingerprint density at radius 1 is 0.607 bits per heavy atom. The topological polar surface area (TPSA) is 46.9 Å². The van der Waals surface area contributed by atoms with Crippen LogP contribution in [0.25, 0.3) is 0 Å². The molecule has 2 aromatic rings. The van der Waals surface area contributed by atoms with Crippen LogP contribution in [0.1, 0.15) is 47.2 Å². The molecule has 0 radical (unpaired) electrons. The Labute approximate surface area is 167 Å². The molecule has 2 unspecified atom stereocenters. The van der Waals surface area contributed by atoms with Crippen LogP contribution in [0.5, 0.6) is 0 Å². The van der Waals surface area contributed by atoms with E-state index in [4.69, 9.17) is 0 Å². The molecule has 2 aromatic carbocycles. The van der Waals surface area contributed by atoms with E-state index in [9.17, 15) is 10.2 Å². The lowest BCUT2D eigenvalue weighted by Gasteiger charge is -2.38. The van der Waals surface area contributed by atoms with Gasteiger partial charge in [0.05, 0.1) is 24.3 Å². The zero-order chi connectivity index (χ0) is 19.1. The minimum atomic E-state index is -0.295. The van der Waals surface area contributed by atoms with Crippen LogP contribution in [-0.2, 0) is 12.8 Å². The first-order valence-corrected chi connectivity index (χ1v) is 10.7. The SMILES string of the molecule is O[C@@H]1Cc2ccccc2C1N1CCCN(C2c3ccccc3C[C@H]2O)CCC1. The van der Waals surface area contributed by atoms with E-state index in [0.717, 1.165) is 51.9 Å². The van der Waals surface area contributed by atoms with E-state index < -0.39 is 0 Å². The molecule has 2 N–H and O–H groups in total. The first-order valence-electron chi connectivity index (χ1n) is 10.7. The van der Waals surface area contributed by atoms with E-state index in [2.05, 4.69) is 58.3 Å². The van der Waals surface area contributed by atoms with Gasteiger partial charge in [-0.2, -0.15) is 0 Å². The molecule has 0 spiro atoms. The summed E-state index contributed by atoms with van der Waals surface area (Å²) >= 11 is 0. The van der Waals surface area contributed by atoms with Gasteiger partial charge in [-0.15, -0.1) is 0 Å². The van der Waals surface area contributed by atoms with Crippen LogP contribution in [0.15, 0.2) is 48.5 Å². The van der Waals surface area contributed by atoms with Crippen molar-refractivity contribution in [1.82, 2.24) is 9.80 Å². The molecule has 4 heteroatoms. The smallest absolute Gasteiger partial charge is 0.0777 e. The number of hydrogen-bond acceptors (Lipinski definition) is 4. The zero-order valence-electron chi connectivity index (χ0n) is 16.4. The molecule has 0 bridgehead atoms. The highest BCUT2D eigenvalue weighted by molar-refractivity contribution is 5.37. The second kappa shape index (κ2) is 7.60. The Balaban J connectivity index is 1.29. The lowest BCUT2D eigenvalue weighted by atomic mass is 10.0. The van der Waals surface area contributed by atoms with Crippen molar-refractivity contribution < 1.29 is 10.2 Å². The number of benzene rings is 2. The van der Waals surface area contributed by atoms with Gasteiger partial charge in [-0.25, -0.2) is 0 Å². The highest BCUT2D eigenvalue weighted by Gasteiger charge is 2.38. The molecular formula is C24H30N2O2. The van der Waals surface area contributed by atoms with Gasteiger partial charge >= 0.3 is 0 Å². The summed E-state index contributed by atoms with van der Waals surface area (Å²) in [6.45, 7) is 3.99. The predicted molar refractivity (Wildman–Crippen MR) is 110 cm³/mol.